The van der Waals surface area contributed by atoms with Crippen LogP contribution in [0.4, 0.5) is 10.1 Å². The Morgan fingerprint density at radius 1 is 0.893 bits per heavy atom. The first-order valence-electron chi connectivity index (χ1n) is 10.4. The van der Waals surface area contributed by atoms with Crippen LogP contribution in [0.25, 0.3) is 0 Å². The summed E-state index contributed by atoms with van der Waals surface area (Å²) in [5.41, 5.74) is 3.65. The van der Waals surface area contributed by atoms with E-state index in [0.717, 1.165) is 39.1 Å². The van der Waals surface area contributed by atoms with Gasteiger partial charge in [-0.3, -0.25) is 4.90 Å². The molecule has 0 radical (unpaired) electrons. The van der Waals surface area contributed by atoms with E-state index in [1.165, 1.54) is 17.2 Å². The second kappa shape index (κ2) is 12.9. The van der Waals surface area contributed by atoms with E-state index in [9.17, 15) is 4.39 Å². The zero-order valence-corrected chi connectivity index (χ0v) is 18.0. The first-order chi connectivity index (χ1) is 13.7. The first-order valence-corrected chi connectivity index (χ1v) is 10.4. The number of aryl methyl sites for hydroxylation is 1. The van der Waals surface area contributed by atoms with E-state index in [0.29, 0.717) is 11.3 Å². The normalized spacial score (nSPS) is 13.5. The van der Waals surface area contributed by atoms with Crippen LogP contribution in [0.2, 0.25) is 0 Å². The zero-order chi connectivity index (χ0) is 20.9. The molecule has 2 aromatic carbocycles. The van der Waals surface area contributed by atoms with E-state index >= 15 is 0 Å². The standard InChI is InChI=1S/C20H22FN3.2C2H6/c1-2-16-3-5-17(6-4-16)15-23-9-11-24(12-10-23)20-8-7-18(14-22)13-19(20)21;2*1-2/h3-8,13H,2,9-12,15H2,1H3;2*1-2H3. The smallest absolute Gasteiger partial charge is 0.147 e. The Bertz CT molecular complexity index is 727. The van der Waals surface area contributed by atoms with Crippen molar-refractivity contribution in [2.45, 2.75) is 47.6 Å². The van der Waals surface area contributed by atoms with Crippen molar-refractivity contribution in [1.29, 1.82) is 5.26 Å². The molecule has 0 bridgehead atoms. The summed E-state index contributed by atoms with van der Waals surface area (Å²) >= 11 is 0. The lowest BCUT2D eigenvalue weighted by molar-refractivity contribution is 0.249. The molecule has 0 spiro atoms. The molecule has 0 amide bonds. The maximum atomic E-state index is 14.1. The summed E-state index contributed by atoms with van der Waals surface area (Å²) in [6.07, 6.45) is 1.06. The molecule has 1 heterocycles. The summed E-state index contributed by atoms with van der Waals surface area (Å²) in [4.78, 5) is 4.46. The zero-order valence-electron chi connectivity index (χ0n) is 18.0. The molecular weight excluding hydrogens is 349 g/mol. The molecule has 1 saturated heterocycles. The maximum absolute atomic E-state index is 14.1. The lowest BCUT2D eigenvalue weighted by atomic mass is 10.1. The number of piperazine rings is 1. The van der Waals surface area contributed by atoms with Crippen LogP contribution in [0.3, 0.4) is 0 Å². The van der Waals surface area contributed by atoms with Crippen LogP contribution in [0, 0.1) is 17.1 Å². The quantitative estimate of drug-likeness (QED) is 0.685. The van der Waals surface area contributed by atoms with Crippen LogP contribution in [0.1, 0.15) is 51.3 Å². The molecule has 152 valence electrons. The highest BCUT2D eigenvalue weighted by Crippen LogP contribution is 2.22. The van der Waals surface area contributed by atoms with Crippen LogP contribution in [-0.2, 0) is 13.0 Å². The first kappa shape index (κ1) is 23.7. The monoisotopic (exact) mass is 383 g/mol. The van der Waals surface area contributed by atoms with Crippen molar-refractivity contribution in [3.63, 3.8) is 0 Å². The summed E-state index contributed by atoms with van der Waals surface area (Å²) in [5, 5.41) is 8.83. The molecule has 0 aliphatic carbocycles. The number of rotatable bonds is 4. The van der Waals surface area contributed by atoms with Gasteiger partial charge in [-0.1, -0.05) is 58.9 Å². The van der Waals surface area contributed by atoms with E-state index in [1.54, 1.807) is 12.1 Å². The van der Waals surface area contributed by atoms with E-state index in [4.69, 9.17) is 5.26 Å². The summed E-state index contributed by atoms with van der Waals surface area (Å²) in [6, 6.07) is 15.5. The summed E-state index contributed by atoms with van der Waals surface area (Å²) in [5.74, 6) is -0.308. The predicted molar refractivity (Wildman–Crippen MR) is 117 cm³/mol. The van der Waals surface area contributed by atoms with Crippen molar-refractivity contribution in [3.05, 3.63) is 65.0 Å². The topological polar surface area (TPSA) is 30.3 Å². The van der Waals surface area contributed by atoms with Gasteiger partial charge in [0.25, 0.3) is 0 Å². The molecule has 0 saturated carbocycles. The number of nitrogens with zero attached hydrogens (tertiary/aromatic N) is 3. The van der Waals surface area contributed by atoms with Crippen molar-refractivity contribution >= 4 is 5.69 Å². The SMILES string of the molecule is CC.CC.CCc1ccc(CN2CCN(c3ccc(C#N)cc3F)CC2)cc1. The summed E-state index contributed by atoms with van der Waals surface area (Å²) in [7, 11) is 0. The Morgan fingerprint density at radius 2 is 1.46 bits per heavy atom. The molecule has 0 N–H and O–H groups in total. The third kappa shape index (κ3) is 6.65. The minimum absolute atomic E-state index is 0.308. The fraction of sp³-hybridized carbons (Fsp3) is 0.458. The van der Waals surface area contributed by atoms with E-state index in [2.05, 4.69) is 41.0 Å². The molecule has 1 aliphatic heterocycles. The lowest BCUT2D eigenvalue weighted by Crippen LogP contribution is -2.46. The van der Waals surface area contributed by atoms with Crippen LogP contribution in [0.5, 0.6) is 0 Å². The number of halogens is 1. The minimum atomic E-state index is -0.308. The average molecular weight is 384 g/mol. The van der Waals surface area contributed by atoms with Gasteiger partial charge in [0.05, 0.1) is 17.3 Å². The summed E-state index contributed by atoms with van der Waals surface area (Å²) in [6.45, 7) is 14.5. The van der Waals surface area contributed by atoms with Crippen molar-refractivity contribution in [3.8, 4) is 6.07 Å². The molecular formula is C24H34FN3. The van der Waals surface area contributed by atoms with Gasteiger partial charge in [0.1, 0.15) is 5.82 Å². The van der Waals surface area contributed by atoms with Crippen molar-refractivity contribution in [2.24, 2.45) is 0 Å². The van der Waals surface area contributed by atoms with Gasteiger partial charge in [0, 0.05) is 32.7 Å². The highest BCUT2D eigenvalue weighted by Gasteiger charge is 2.19. The fourth-order valence-electron chi connectivity index (χ4n) is 3.12. The Morgan fingerprint density at radius 3 is 1.96 bits per heavy atom. The van der Waals surface area contributed by atoms with Crippen molar-refractivity contribution in [1.82, 2.24) is 4.90 Å². The van der Waals surface area contributed by atoms with Crippen molar-refractivity contribution < 1.29 is 4.39 Å². The van der Waals surface area contributed by atoms with Crippen LogP contribution >= 0.6 is 0 Å². The highest BCUT2D eigenvalue weighted by atomic mass is 19.1. The molecule has 0 atom stereocenters. The number of anilines is 1. The fourth-order valence-corrected chi connectivity index (χ4v) is 3.12. The van der Waals surface area contributed by atoms with Gasteiger partial charge in [-0.25, -0.2) is 4.39 Å². The third-order valence-corrected chi connectivity index (χ3v) is 4.63. The molecule has 0 aromatic heterocycles. The molecule has 1 aliphatic rings. The summed E-state index contributed by atoms with van der Waals surface area (Å²) < 4.78 is 14.1. The largest absolute Gasteiger partial charge is 0.367 e. The molecule has 1 fully saturated rings. The van der Waals surface area contributed by atoms with Crippen molar-refractivity contribution in [2.75, 3.05) is 31.1 Å². The molecule has 4 heteroatoms. The number of nitriles is 1. The number of benzene rings is 2. The Labute approximate surface area is 170 Å². The van der Waals surface area contributed by atoms with Crippen LogP contribution in [-0.4, -0.2) is 31.1 Å². The number of hydrogen-bond acceptors (Lipinski definition) is 3. The van der Waals surface area contributed by atoms with E-state index in [-0.39, 0.29) is 5.82 Å². The number of hydrogen-bond donors (Lipinski definition) is 0. The molecule has 28 heavy (non-hydrogen) atoms. The third-order valence-electron chi connectivity index (χ3n) is 4.63. The van der Waals surface area contributed by atoms with Gasteiger partial charge < -0.3 is 4.90 Å². The Balaban J connectivity index is 0.000000921. The minimum Gasteiger partial charge on any atom is -0.367 e. The highest BCUT2D eigenvalue weighted by molar-refractivity contribution is 5.51. The van der Waals surface area contributed by atoms with Gasteiger partial charge in [0.15, 0.2) is 0 Å². The molecule has 3 nitrogen and oxygen atoms in total. The second-order valence-electron chi connectivity index (χ2n) is 6.21. The Kier molecular flexibility index (Phi) is 10.9. The Hall–Kier alpha value is -2.38. The van der Waals surface area contributed by atoms with Gasteiger partial charge in [0.2, 0.25) is 0 Å². The lowest BCUT2D eigenvalue weighted by Gasteiger charge is -2.36. The van der Waals surface area contributed by atoms with E-state index in [1.807, 2.05) is 33.8 Å². The second-order valence-corrected chi connectivity index (χ2v) is 6.21. The van der Waals surface area contributed by atoms with Gasteiger partial charge in [-0.15, -0.1) is 0 Å². The molecule has 0 unspecified atom stereocenters. The van der Waals surface area contributed by atoms with Crippen LogP contribution in [0.15, 0.2) is 42.5 Å². The molecule has 3 rings (SSSR count). The predicted octanol–water partition coefficient (Wildman–Crippen LogP) is 5.63. The maximum Gasteiger partial charge on any atom is 0.147 e. The van der Waals surface area contributed by atoms with Gasteiger partial charge in [-0.2, -0.15) is 5.26 Å². The molecule has 2 aromatic rings. The van der Waals surface area contributed by atoms with Gasteiger partial charge >= 0.3 is 0 Å². The van der Waals surface area contributed by atoms with Crippen LogP contribution < -0.4 is 4.90 Å². The van der Waals surface area contributed by atoms with E-state index < -0.39 is 0 Å². The average Bonchev–Trinajstić information content (AvgIpc) is 2.77. The van der Waals surface area contributed by atoms with Gasteiger partial charge in [-0.05, 0) is 35.7 Å².